The van der Waals surface area contributed by atoms with Gasteiger partial charge in [-0.3, -0.25) is 0 Å². The maximum absolute atomic E-state index is 11.1. The van der Waals surface area contributed by atoms with Crippen LogP contribution in [0.4, 0.5) is 0 Å². The van der Waals surface area contributed by atoms with Gasteiger partial charge in [0.25, 0.3) is 0 Å². The molecule has 26 heavy (non-hydrogen) atoms. The molecule has 2 N–H and O–H groups in total. The fourth-order valence-corrected chi connectivity index (χ4v) is 3.29. The van der Waals surface area contributed by atoms with Gasteiger partial charge in [0.05, 0.1) is 17.0 Å². The van der Waals surface area contributed by atoms with E-state index in [2.05, 4.69) is 23.0 Å². The van der Waals surface area contributed by atoms with E-state index in [0.717, 1.165) is 11.1 Å². The molecule has 128 valence electrons. The summed E-state index contributed by atoms with van der Waals surface area (Å²) in [6.07, 6.45) is 0. The van der Waals surface area contributed by atoms with Gasteiger partial charge in [0.15, 0.2) is 5.17 Å². The molecular formula is C20H15N3O2S. The third-order valence-electron chi connectivity index (χ3n) is 3.72. The molecule has 2 aromatic rings. The molecule has 3 rings (SSSR count). The van der Waals surface area contributed by atoms with Crippen molar-refractivity contribution < 1.29 is 9.90 Å². The second-order valence-corrected chi connectivity index (χ2v) is 6.48. The number of thioether (sulfide) groups is 1. The molecule has 2 aromatic carbocycles. The van der Waals surface area contributed by atoms with E-state index < -0.39 is 5.97 Å². The molecule has 6 heteroatoms. The predicted molar refractivity (Wildman–Crippen MR) is 103 cm³/mol. The summed E-state index contributed by atoms with van der Waals surface area (Å²) in [6, 6.07) is 18.4. The number of hydrogen-bond acceptors (Lipinski definition) is 5. The molecule has 0 fully saturated rings. The number of carbonyl (C=O) groups is 1. The van der Waals surface area contributed by atoms with E-state index in [9.17, 15) is 10.1 Å². The summed E-state index contributed by atoms with van der Waals surface area (Å²) in [6.45, 7) is 3.92. The van der Waals surface area contributed by atoms with Crippen LogP contribution in [0.1, 0.15) is 21.5 Å². The molecule has 0 saturated carbocycles. The fourth-order valence-electron chi connectivity index (χ4n) is 2.46. The quantitative estimate of drug-likeness (QED) is 0.859. The third-order valence-corrected chi connectivity index (χ3v) is 4.66. The number of carboxylic acids is 1. The Labute approximate surface area is 155 Å². The monoisotopic (exact) mass is 361 g/mol. The lowest BCUT2D eigenvalue weighted by molar-refractivity contribution is 0.0697. The Morgan fingerprint density at radius 1 is 1.23 bits per heavy atom. The topological polar surface area (TPSA) is 85.5 Å². The Balaban J connectivity index is 1.85. The summed E-state index contributed by atoms with van der Waals surface area (Å²) in [5, 5.41) is 22.2. The third kappa shape index (κ3) is 3.85. The van der Waals surface area contributed by atoms with Gasteiger partial charge in [-0.15, -0.1) is 0 Å². The van der Waals surface area contributed by atoms with Crippen molar-refractivity contribution in [1.29, 1.82) is 5.26 Å². The van der Waals surface area contributed by atoms with Crippen LogP contribution in [0.2, 0.25) is 0 Å². The van der Waals surface area contributed by atoms with Crippen LogP contribution in [0, 0.1) is 11.3 Å². The van der Waals surface area contributed by atoms with Gasteiger partial charge in [-0.2, -0.15) is 5.26 Å². The second-order valence-electron chi connectivity index (χ2n) is 5.52. The van der Waals surface area contributed by atoms with E-state index in [1.165, 1.54) is 11.8 Å². The Kier molecular flexibility index (Phi) is 5.20. The lowest BCUT2D eigenvalue weighted by atomic mass is 10.0. The van der Waals surface area contributed by atoms with Gasteiger partial charge in [-0.25, -0.2) is 9.79 Å². The van der Waals surface area contributed by atoms with Crippen LogP contribution >= 0.6 is 11.8 Å². The Morgan fingerprint density at radius 3 is 2.69 bits per heavy atom. The zero-order valence-electron chi connectivity index (χ0n) is 13.8. The summed E-state index contributed by atoms with van der Waals surface area (Å²) >= 11 is 1.43. The Bertz CT molecular complexity index is 972. The highest BCUT2D eigenvalue weighted by Gasteiger charge is 2.19. The predicted octanol–water partition coefficient (Wildman–Crippen LogP) is 4.03. The summed E-state index contributed by atoms with van der Waals surface area (Å²) in [5.41, 5.74) is 3.47. The molecular weight excluding hydrogens is 346 g/mol. The molecule has 0 amide bonds. The van der Waals surface area contributed by atoms with Gasteiger partial charge >= 0.3 is 5.97 Å². The second kappa shape index (κ2) is 7.72. The standard InChI is InChI=1S/C20H15N3O2S/c1-13-17(11-21)18(15-7-3-2-4-8-15)23-20(22-13)26-12-14-6-5-9-16(10-14)19(24)25/h2-10H,1,12H2,(H,22,23)(H,24,25). The van der Waals surface area contributed by atoms with E-state index >= 15 is 0 Å². The van der Waals surface area contributed by atoms with Gasteiger partial charge in [0, 0.05) is 11.3 Å². The van der Waals surface area contributed by atoms with Crippen LogP contribution in [0.15, 0.2) is 77.4 Å². The molecule has 0 radical (unpaired) electrons. The van der Waals surface area contributed by atoms with Crippen molar-refractivity contribution >= 4 is 28.6 Å². The molecule has 0 aromatic heterocycles. The molecule has 5 nitrogen and oxygen atoms in total. The van der Waals surface area contributed by atoms with Crippen LogP contribution < -0.4 is 5.32 Å². The first-order valence-corrected chi connectivity index (χ1v) is 8.77. The van der Waals surface area contributed by atoms with Crippen molar-refractivity contribution in [3.8, 4) is 6.07 Å². The summed E-state index contributed by atoms with van der Waals surface area (Å²) in [4.78, 5) is 15.7. The first kappa shape index (κ1) is 17.5. The molecule has 0 unspecified atom stereocenters. The SMILES string of the molecule is C=C1NC(SCc2cccc(C(=O)O)c2)=NC(c2ccccc2)=C1C#N. The average molecular weight is 361 g/mol. The maximum Gasteiger partial charge on any atom is 0.335 e. The first-order chi connectivity index (χ1) is 12.6. The number of nitrogens with zero attached hydrogens (tertiary/aromatic N) is 2. The molecule has 1 heterocycles. The van der Waals surface area contributed by atoms with E-state index in [-0.39, 0.29) is 5.56 Å². The zero-order chi connectivity index (χ0) is 18.5. The lowest BCUT2D eigenvalue weighted by Gasteiger charge is -2.19. The van der Waals surface area contributed by atoms with E-state index in [0.29, 0.717) is 27.9 Å². The van der Waals surface area contributed by atoms with Crippen LogP contribution in [-0.4, -0.2) is 16.2 Å². The molecule has 0 atom stereocenters. The number of rotatable bonds is 4. The Morgan fingerprint density at radius 2 is 2.00 bits per heavy atom. The number of allylic oxidation sites excluding steroid dienone is 1. The number of benzene rings is 2. The number of amidine groups is 1. The number of hydrogen-bond donors (Lipinski definition) is 2. The molecule has 0 bridgehead atoms. The zero-order valence-corrected chi connectivity index (χ0v) is 14.6. The average Bonchev–Trinajstić information content (AvgIpc) is 2.67. The van der Waals surface area contributed by atoms with Crippen molar-refractivity contribution in [3.05, 3.63) is 89.1 Å². The first-order valence-electron chi connectivity index (χ1n) is 7.78. The Hall–Kier alpha value is -3.30. The van der Waals surface area contributed by atoms with Crippen molar-refractivity contribution in [2.75, 3.05) is 0 Å². The molecule has 1 aliphatic rings. The minimum Gasteiger partial charge on any atom is -0.478 e. The smallest absolute Gasteiger partial charge is 0.335 e. The molecule has 0 aliphatic carbocycles. The van der Waals surface area contributed by atoms with Gasteiger partial charge in [0.2, 0.25) is 0 Å². The highest BCUT2D eigenvalue weighted by molar-refractivity contribution is 8.13. The van der Waals surface area contributed by atoms with Gasteiger partial charge in [0.1, 0.15) is 11.6 Å². The summed E-state index contributed by atoms with van der Waals surface area (Å²) in [7, 11) is 0. The molecule has 0 spiro atoms. The van der Waals surface area contributed by atoms with Gasteiger partial charge < -0.3 is 10.4 Å². The molecule has 0 saturated heterocycles. The van der Waals surface area contributed by atoms with E-state index in [1.807, 2.05) is 36.4 Å². The number of nitriles is 1. The highest BCUT2D eigenvalue weighted by Crippen LogP contribution is 2.29. The van der Waals surface area contributed by atoms with Crippen molar-refractivity contribution in [1.82, 2.24) is 5.32 Å². The van der Waals surface area contributed by atoms with Gasteiger partial charge in [-0.1, -0.05) is 60.8 Å². The van der Waals surface area contributed by atoms with Crippen LogP contribution in [0.5, 0.6) is 0 Å². The van der Waals surface area contributed by atoms with Crippen molar-refractivity contribution in [2.24, 2.45) is 4.99 Å². The maximum atomic E-state index is 11.1. The van der Waals surface area contributed by atoms with E-state index in [1.54, 1.807) is 18.2 Å². The summed E-state index contributed by atoms with van der Waals surface area (Å²) < 4.78 is 0. The lowest BCUT2D eigenvalue weighted by Crippen LogP contribution is -2.24. The van der Waals surface area contributed by atoms with Gasteiger partial charge in [-0.05, 0) is 17.7 Å². The number of nitrogens with one attached hydrogen (secondary N) is 1. The summed E-state index contributed by atoms with van der Waals surface area (Å²) in [5.74, 6) is -0.407. The van der Waals surface area contributed by atoms with E-state index in [4.69, 9.17) is 5.11 Å². The minimum absolute atomic E-state index is 0.252. The molecule has 1 aliphatic heterocycles. The number of carboxylic acid groups (broad SMARTS) is 1. The normalized spacial score (nSPS) is 13.7. The highest BCUT2D eigenvalue weighted by atomic mass is 32.2. The van der Waals surface area contributed by atoms with Crippen LogP contribution in [0.3, 0.4) is 0 Å². The van der Waals surface area contributed by atoms with Crippen LogP contribution in [0.25, 0.3) is 5.70 Å². The van der Waals surface area contributed by atoms with Crippen molar-refractivity contribution in [3.63, 3.8) is 0 Å². The largest absolute Gasteiger partial charge is 0.478 e. The fraction of sp³-hybridized carbons (Fsp3) is 0.0500. The minimum atomic E-state index is -0.952. The van der Waals surface area contributed by atoms with Crippen molar-refractivity contribution in [2.45, 2.75) is 5.75 Å². The number of aromatic carboxylic acids is 1. The van der Waals surface area contributed by atoms with Crippen LogP contribution in [-0.2, 0) is 5.75 Å². The number of aliphatic imine (C=N–C) groups is 1.